The topological polar surface area (TPSA) is 66.8 Å². The number of carbonyl (C=O) groups is 2. The molecule has 100 valence electrons. The van der Waals surface area contributed by atoms with E-state index in [0.717, 1.165) is 25.0 Å². The van der Waals surface area contributed by atoms with Crippen LogP contribution in [0.5, 0.6) is 0 Å². The highest BCUT2D eigenvalue weighted by molar-refractivity contribution is 6.07. The van der Waals surface area contributed by atoms with Gasteiger partial charge in [0.25, 0.3) is 5.91 Å². The molecule has 0 radical (unpaired) electrons. The Morgan fingerprint density at radius 1 is 1.47 bits per heavy atom. The highest BCUT2D eigenvalue weighted by Crippen LogP contribution is 2.27. The Balaban J connectivity index is 1.85. The Morgan fingerprint density at radius 2 is 2.32 bits per heavy atom. The van der Waals surface area contributed by atoms with Gasteiger partial charge in [-0.3, -0.25) is 4.79 Å². The molecule has 2 heterocycles. The molecule has 0 spiro atoms. The molecule has 0 aromatic heterocycles. The van der Waals surface area contributed by atoms with Crippen LogP contribution in [-0.2, 0) is 11.3 Å². The monoisotopic (exact) mass is 261 g/mol. The number of benzene rings is 1. The van der Waals surface area contributed by atoms with Crippen LogP contribution >= 0.6 is 0 Å². The number of ether oxygens (including phenoxy) is 1. The summed E-state index contributed by atoms with van der Waals surface area (Å²) in [6, 6.07) is 4.98. The Kier molecular flexibility index (Phi) is 2.98. The fourth-order valence-corrected chi connectivity index (χ4v) is 2.78. The first-order valence-electron chi connectivity index (χ1n) is 6.43. The van der Waals surface area contributed by atoms with Crippen molar-refractivity contribution in [2.75, 3.05) is 13.2 Å². The largest absolute Gasteiger partial charge is 0.478 e. The normalized spacial score (nSPS) is 21.8. The van der Waals surface area contributed by atoms with E-state index in [1.165, 1.54) is 6.07 Å². The maximum absolute atomic E-state index is 12.3. The molecule has 3 rings (SSSR count). The zero-order valence-electron chi connectivity index (χ0n) is 10.5. The summed E-state index contributed by atoms with van der Waals surface area (Å²) in [7, 11) is 0. The van der Waals surface area contributed by atoms with Crippen molar-refractivity contribution in [2.24, 2.45) is 0 Å². The number of carboxylic acid groups (broad SMARTS) is 1. The lowest BCUT2D eigenvalue weighted by molar-refractivity contribution is 0.0540. The van der Waals surface area contributed by atoms with Gasteiger partial charge in [0.05, 0.1) is 17.2 Å². The lowest BCUT2D eigenvalue weighted by Gasteiger charge is -2.19. The second kappa shape index (κ2) is 4.66. The molecule has 1 fully saturated rings. The summed E-state index contributed by atoms with van der Waals surface area (Å²) in [5, 5.41) is 9.14. The number of hydrogen-bond acceptors (Lipinski definition) is 3. The molecule has 5 nitrogen and oxygen atoms in total. The first-order chi connectivity index (χ1) is 9.16. The third-order valence-electron chi connectivity index (χ3n) is 3.69. The molecule has 19 heavy (non-hydrogen) atoms. The Labute approximate surface area is 110 Å². The minimum absolute atomic E-state index is 0.0894. The number of rotatable bonds is 3. The minimum Gasteiger partial charge on any atom is -0.478 e. The first kappa shape index (κ1) is 12.2. The zero-order valence-corrected chi connectivity index (χ0v) is 10.5. The van der Waals surface area contributed by atoms with Crippen LogP contribution in [0, 0.1) is 0 Å². The molecule has 0 unspecified atom stereocenters. The molecule has 1 saturated heterocycles. The second-order valence-corrected chi connectivity index (χ2v) is 4.97. The van der Waals surface area contributed by atoms with Crippen molar-refractivity contribution in [2.45, 2.75) is 25.5 Å². The standard InChI is InChI=1S/C14H15NO4/c16-13-12-9(3-1-5-11(12)14(17)18)7-15(13)8-10-4-2-6-19-10/h1,3,5,10H,2,4,6-8H2,(H,17,18)/t10-/m0/s1. The summed E-state index contributed by atoms with van der Waals surface area (Å²) in [6.45, 7) is 1.78. The van der Waals surface area contributed by atoms with Crippen molar-refractivity contribution in [3.8, 4) is 0 Å². The van der Waals surface area contributed by atoms with E-state index in [1.54, 1.807) is 11.0 Å². The molecular formula is C14H15NO4. The van der Waals surface area contributed by atoms with Crippen LogP contribution in [0.1, 0.15) is 39.1 Å². The SMILES string of the molecule is O=C(O)c1cccc2c1C(=O)N(C[C@@H]1CCCO1)C2. The van der Waals surface area contributed by atoms with E-state index >= 15 is 0 Å². The van der Waals surface area contributed by atoms with Crippen LogP contribution in [0.2, 0.25) is 0 Å². The number of hydrogen-bond donors (Lipinski definition) is 1. The molecule has 1 amide bonds. The van der Waals surface area contributed by atoms with Gasteiger partial charge < -0.3 is 14.7 Å². The molecule has 5 heteroatoms. The van der Waals surface area contributed by atoms with Crippen LogP contribution in [0.4, 0.5) is 0 Å². The summed E-state index contributed by atoms with van der Waals surface area (Å²) in [4.78, 5) is 25.2. The van der Waals surface area contributed by atoms with E-state index in [4.69, 9.17) is 9.84 Å². The van der Waals surface area contributed by atoms with Crippen molar-refractivity contribution in [3.63, 3.8) is 0 Å². The van der Waals surface area contributed by atoms with Crippen LogP contribution in [0.3, 0.4) is 0 Å². The molecule has 1 aromatic rings. The molecule has 1 atom stereocenters. The smallest absolute Gasteiger partial charge is 0.336 e. The zero-order chi connectivity index (χ0) is 13.4. The summed E-state index contributed by atoms with van der Waals surface area (Å²) in [5.41, 5.74) is 1.23. The van der Waals surface area contributed by atoms with Crippen molar-refractivity contribution < 1.29 is 19.4 Å². The second-order valence-electron chi connectivity index (χ2n) is 4.97. The van der Waals surface area contributed by atoms with E-state index < -0.39 is 5.97 Å². The van der Waals surface area contributed by atoms with Crippen LogP contribution in [0.15, 0.2) is 18.2 Å². The van der Waals surface area contributed by atoms with Crippen molar-refractivity contribution in [1.82, 2.24) is 4.90 Å². The number of nitrogens with zero attached hydrogens (tertiary/aromatic N) is 1. The van der Waals surface area contributed by atoms with Gasteiger partial charge in [-0.15, -0.1) is 0 Å². The van der Waals surface area contributed by atoms with Gasteiger partial charge in [0.1, 0.15) is 0 Å². The fraction of sp³-hybridized carbons (Fsp3) is 0.429. The van der Waals surface area contributed by atoms with Gasteiger partial charge >= 0.3 is 5.97 Å². The highest BCUT2D eigenvalue weighted by atomic mass is 16.5. The van der Waals surface area contributed by atoms with Gasteiger partial charge in [0.15, 0.2) is 0 Å². The third-order valence-corrected chi connectivity index (χ3v) is 3.69. The summed E-state index contributed by atoms with van der Waals surface area (Å²) in [5.74, 6) is -1.24. The molecule has 0 saturated carbocycles. The van der Waals surface area contributed by atoms with E-state index in [9.17, 15) is 9.59 Å². The van der Waals surface area contributed by atoms with Gasteiger partial charge in [0, 0.05) is 19.7 Å². The first-order valence-corrected chi connectivity index (χ1v) is 6.43. The van der Waals surface area contributed by atoms with Gasteiger partial charge in [-0.05, 0) is 24.5 Å². The predicted octanol–water partition coefficient (Wildman–Crippen LogP) is 1.52. The average Bonchev–Trinajstić information content (AvgIpc) is 2.99. The molecule has 1 N–H and O–H groups in total. The van der Waals surface area contributed by atoms with Gasteiger partial charge in [0.2, 0.25) is 0 Å². The third kappa shape index (κ3) is 2.10. The fourth-order valence-electron chi connectivity index (χ4n) is 2.78. The maximum atomic E-state index is 12.3. The molecule has 0 aliphatic carbocycles. The molecule has 2 aliphatic rings. The van der Waals surface area contributed by atoms with Crippen molar-refractivity contribution >= 4 is 11.9 Å². The van der Waals surface area contributed by atoms with Gasteiger partial charge in [-0.25, -0.2) is 4.79 Å². The number of amides is 1. The van der Waals surface area contributed by atoms with Gasteiger partial charge in [-0.1, -0.05) is 12.1 Å². The predicted molar refractivity (Wildman–Crippen MR) is 67.1 cm³/mol. The minimum atomic E-state index is -1.05. The average molecular weight is 261 g/mol. The lowest BCUT2D eigenvalue weighted by atomic mass is 10.0. The van der Waals surface area contributed by atoms with E-state index in [2.05, 4.69) is 0 Å². The molecular weight excluding hydrogens is 246 g/mol. The Bertz CT molecular complexity index is 534. The summed E-state index contributed by atoms with van der Waals surface area (Å²) < 4.78 is 5.53. The molecule has 2 aliphatic heterocycles. The van der Waals surface area contributed by atoms with Gasteiger partial charge in [-0.2, -0.15) is 0 Å². The highest BCUT2D eigenvalue weighted by Gasteiger charge is 2.33. The molecule has 0 bridgehead atoms. The van der Waals surface area contributed by atoms with E-state index in [0.29, 0.717) is 18.7 Å². The van der Waals surface area contributed by atoms with Crippen molar-refractivity contribution in [1.29, 1.82) is 0 Å². The van der Waals surface area contributed by atoms with Crippen LogP contribution in [-0.4, -0.2) is 41.1 Å². The number of carboxylic acids is 1. The lowest BCUT2D eigenvalue weighted by Crippen LogP contribution is -2.32. The quantitative estimate of drug-likeness (QED) is 0.895. The summed E-state index contributed by atoms with van der Waals surface area (Å²) in [6.07, 6.45) is 2.08. The van der Waals surface area contributed by atoms with Crippen LogP contribution in [0.25, 0.3) is 0 Å². The van der Waals surface area contributed by atoms with E-state index in [-0.39, 0.29) is 17.6 Å². The molecule has 1 aromatic carbocycles. The van der Waals surface area contributed by atoms with E-state index in [1.807, 2.05) is 6.07 Å². The number of fused-ring (bicyclic) bond motifs is 1. The Hall–Kier alpha value is -1.88. The number of aromatic carboxylic acids is 1. The Morgan fingerprint density at radius 3 is 3.00 bits per heavy atom. The summed E-state index contributed by atoms with van der Waals surface area (Å²) >= 11 is 0. The van der Waals surface area contributed by atoms with Crippen molar-refractivity contribution in [3.05, 3.63) is 34.9 Å². The van der Waals surface area contributed by atoms with Crippen LogP contribution < -0.4 is 0 Å². The number of carbonyl (C=O) groups excluding carboxylic acids is 1. The maximum Gasteiger partial charge on any atom is 0.336 e.